The molecule has 1 aromatic heterocycles. The molecule has 20 heavy (non-hydrogen) atoms. The summed E-state index contributed by atoms with van der Waals surface area (Å²) in [6.07, 6.45) is 0. The largest absolute Gasteiger partial charge is 0.495 e. The van der Waals surface area contributed by atoms with Gasteiger partial charge in [-0.25, -0.2) is 4.68 Å². The smallest absolute Gasteiger partial charge is 0.216 e. The van der Waals surface area contributed by atoms with Crippen molar-refractivity contribution in [1.82, 2.24) is 9.78 Å². The Hall–Kier alpha value is -1.69. The lowest BCUT2D eigenvalue weighted by Gasteiger charge is -2.10. The number of nitrogens with one attached hydrogen (secondary N) is 1. The van der Waals surface area contributed by atoms with Crippen molar-refractivity contribution in [1.29, 1.82) is 0 Å². The van der Waals surface area contributed by atoms with Crippen LogP contribution >= 0.6 is 15.9 Å². The van der Waals surface area contributed by atoms with Crippen molar-refractivity contribution in [3.05, 3.63) is 33.9 Å². The van der Waals surface area contributed by atoms with Gasteiger partial charge >= 0.3 is 0 Å². The number of aryl methyl sites for hydroxylation is 2. The first kappa shape index (κ1) is 14.7. The number of anilines is 1. The zero-order valence-electron chi connectivity index (χ0n) is 12.0. The highest BCUT2D eigenvalue weighted by molar-refractivity contribution is 9.10. The van der Waals surface area contributed by atoms with Crippen LogP contribution in [0.15, 0.2) is 22.7 Å². The van der Waals surface area contributed by atoms with Gasteiger partial charge in [0.15, 0.2) is 0 Å². The summed E-state index contributed by atoms with van der Waals surface area (Å²) in [6, 6.07) is 5.89. The zero-order valence-corrected chi connectivity index (χ0v) is 13.6. The number of halogens is 1. The Morgan fingerprint density at radius 1 is 1.30 bits per heavy atom. The molecule has 5 nitrogen and oxygen atoms in total. The van der Waals surface area contributed by atoms with E-state index in [2.05, 4.69) is 26.3 Å². The van der Waals surface area contributed by atoms with Crippen molar-refractivity contribution in [3.63, 3.8) is 0 Å². The topological polar surface area (TPSA) is 48.3 Å². The zero-order chi connectivity index (χ0) is 14.7. The van der Waals surface area contributed by atoms with E-state index in [9.17, 15) is 0 Å². The van der Waals surface area contributed by atoms with Gasteiger partial charge in [0.1, 0.15) is 5.75 Å². The fraction of sp³-hybridized carbons (Fsp3) is 0.357. The molecule has 0 saturated heterocycles. The third kappa shape index (κ3) is 2.90. The molecule has 0 saturated carbocycles. The number of aromatic nitrogens is 2. The summed E-state index contributed by atoms with van der Waals surface area (Å²) < 4.78 is 13.3. The van der Waals surface area contributed by atoms with Crippen LogP contribution in [0, 0.1) is 6.92 Å². The van der Waals surface area contributed by atoms with Crippen molar-refractivity contribution in [2.24, 2.45) is 7.05 Å². The van der Waals surface area contributed by atoms with Gasteiger partial charge in [-0.3, -0.25) is 0 Å². The van der Waals surface area contributed by atoms with Gasteiger partial charge in [0.05, 0.1) is 29.9 Å². The van der Waals surface area contributed by atoms with E-state index in [-0.39, 0.29) is 0 Å². The van der Waals surface area contributed by atoms with Gasteiger partial charge in [-0.05, 0) is 35.0 Å². The monoisotopic (exact) mass is 339 g/mol. The summed E-state index contributed by atoms with van der Waals surface area (Å²) in [5.41, 5.74) is 2.99. The highest BCUT2D eigenvalue weighted by atomic mass is 79.9. The molecule has 0 aliphatic heterocycles. The molecular formula is C14H18BrN3O2. The molecule has 0 unspecified atom stereocenters. The first-order valence-electron chi connectivity index (χ1n) is 6.20. The maximum Gasteiger partial charge on any atom is 0.216 e. The van der Waals surface area contributed by atoms with Crippen molar-refractivity contribution in [2.75, 3.05) is 19.5 Å². The minimum atomic E-state index is 0.646. The summed E-state index contributed by atoms with van der Waals surface area (Å²) in [6.45, 7) is 2.62. The lowest BCUT2D eigenvalue weighted by Crippen LogP contribution is -2.03. The average molecular weight is 340 g/mol. The normalized spacial score (nSPS) is 10.4. The van der Waals surface area contributed by atoms with E-state index in [1.165, 1.54) is 0 Å². The standard InChI is InChI=1S/C14H18BrN3O2/c1-9-11(14(20-4)18(2)17-9)8-16-10-5-6-12(15)13(7-10)19-3/h5-7,16H,8H2,1-4H3. The quantitative estimate of drug-likeness (QED) is 0.909. The summed E-state index contributed by atoms with van der Waals surface area (Å²) >= 11 is 3.44. The molecule has 0 spiro atoms. The second-order valence-electron chi connectivity index (χ2n) is 4.40. The average Bonchev–Trinajstić information content (AvgIpc) is 2.71. The van der Waals surface area contributed by atoms with Crippen LogP contribution in [0.5, 0.6) is 11.6 Å². The van der Waals surface area contributed by atoms with E-state index in [0.717, 1.165) is 33.0 Å². The van der Waals surface area contributed by atoms with E-state index in [0.29, 0.717) is 6.54 Å². The molecule has 2 aromatic rings. The minimum Gasteiger partial charge on any atom is -0.495 e. The SMILES string of the molecule is COc1cc(NCc2c(C)nn(C)c2OC)ccc1Br. The number of rotatable bonds is 5. The predicted molar refractivity (Wildman–Crippen MR) is 82.5 cm³/mol. The minimum absolute atomic E-state index is 0.646. The lowest BCUT2D eigenvalue weighted by molar-refractivity contribution is 0.370. The molecule has 0 fully saturated rings. The first-order valence-corrected chi connectivity index (χ1v) is 7.00. The molecule has 1 heterocycles. The van der Waals surface area contributed by atoms with E-state index in [1.807, 2.05) is 32.2 Å². The summed E-state index contributed by atoms with van der Waals surface area (Å²) in [5, 5.41) is 7.72. The van der Waals surface area contributed by atoms with Crippen molar-refractivity contribution < 1.29 is 9.47 Å². The Kier molecular flexibility index (Phi) is 4.54. The molecule has 0 radical (unpaired) electrons. The maximum absolute atomic E-state index is 5.38. The van der Waals surface area contributed by atoms with Crippen molar-refractivity contribution in [2.45, 2.75) is 13.5 Å². The maximum atomic E-state index is 5.38. The van der Waals surface area contributed by atoms with E-state index in [1.54, 1.807) is 18.9 Å². The van der Waals surface area contributed by atoms with E-state index in [4.69, 9.17) is 9.47 Å². The highest BCUT2D eigenvalue weighted by Gasteiger charge is 2.13. The van der Waals surface area contributed by atoms with Crippen LogP contribution in [-0.4, -0.2) is 24.0 Å². The van der Waals surface area contributed by atoms with Crippen LogP contribution in [-0.2, 0) is 13.6 Å². The molecule has 6 heteroatoms. The van der Waals surface area contributed by atoms with Gasteiger partial charge in [-0.2, -0.15) is 5.10 Å². The second kappa shape index (κ2) is 6.17. The Labute approximate surface area is 127 Å². The molecule has 1 N–H and O–H groups in total. The third-order valence-electron chi connectivity index (χ3n) is 3.10. The molecule has 1 aromatic carbocycles. The Morgan fingerprint density at radius 2 is 2.05 bits per heavy atom. The van der Waals surface area contributed by atoms with Crippen LogP contribution < -0.4 is 14.8 Å². The van der Waals surface area contributed by atoms with Gasteiger partial charge < -0.3 is 14.8 Å². The highest BCUT2D eigenvalue weighted by Crippen LogP contribution is 2.29. The van der Waals surface area contributed by atoms with Gasteiger partial charge in [-0.15, -0.1) is 0 Å². The van der Waals surface area contributed by atoms with Crippen LogP contribution in [0.1, 0.15) is 11.3 Å². The summed E-state index contributed by atoms with van der Waals surface area (Å²) in [4.78, 5) is 0. The number of ether oxygens (including phenoxy) is 2. The Morgan fingerprint density at radius 3 is 2.70 bits per heavy atom. The summed E-state index contributed by atoms with van der Waals surface area (Å²) in [5.74, 6) is 1.57. The molecule has 108 valence electrons. The van der Waals surface area contributed by atoms with Gasteiger partial charge in [0.2, 0.25) is 5.88 Å². The van der Waals surface area contributed by atoms with Crippen LogP contribution in [0.3, 0.4) is 0 Å². The molecule has 0 bridgehead atoms. The summed E-state index contributed by atoms with van der Waals surface area (Å²) in [7, 11) is 5.18. The number of benzene rings is 1. The van der Waals surface area contributed by atoms with E-state index >= 15 is 0 Å². The predicted octanol–water partition coefficient (Wildman–Crippen LogP) is 3.12. The third-order valence-corrected chi connectivity index (χ3v) is 3.76. The van der Waals surface area contributed by atoms with E-state index < -0.39 is 0 Å². The van der Waals surface area contributed by atoms with Gasteiger partial charge in [-0.1, -0.05) is 0 Å². The molecular weight excluding hydrogens is 322 g/mol. The molecule has 0 aliphatic rings. The number of methoxy groups -OCH3 is 2. The number of hydrogen-bond donors (Lipinski definition) is 1. The molecule has 0 amide bonds. The van der Waals surface area contributed by atoms with Crippen LogP contribution in [0.2, 0.25) is 0 Å². The molecule has 0 atom stereocenters. The lowest BCUT2D eigenvalue weighted by atomic mass is 10.2. The number of nitrogens with zero attached hydrogens (tertiary/aromatic N) is 2. The van der Waals surface area contributed by atoms with Gasteiger partial charge in [0.25, 0.3) is 0 Å². The molecule has 0 aliphatic carbocycles. The second-order valence-corrected chi connectivity index (χ2v) is 5.25. The van der Waals surface area contributed by atoms with Gasteiger partial charge in [0, 0.05) is 25.3 Å². The van der Waals surface area contributed by atoms with Crippen LogP contribution in [0.4, 0.5) is 5.69 Å². The van der Waals surface area contributed by atoms with Crippen LogP contribution in [0.25, 0.3) is 0 Å². The van der Waals surface area contributed by atoms with Crippen molar-refractivity contribution >= 4 is 21.6 Å². The first-order chi connectivity index (χ1) is 9.56. The number of hydrogen-bond acceptors (Lipinski definition) is 4. The molecule has 2 rings (SSSR count). The fourth-order valence-electron chi connectivity index (χ4n) is 2.10. The Balaban J connectivity index is 2.17. The Bertz CT molecular complexity index is 611. The van der Waals surface area contributed by atoms with Crippen molar-refractivity contribution in [3.8, 4) is 11.6 Å². The fourth-order valence-corrected chi connectivity index (χ4v) is 2.51.